The van der Waals surface area contributed by atoms with E-state index in [9.17, 15) is 0 Å². The van der Waals surface area contributed by atoms with E-state index in [1.54, 1.807) is 0 Å². The highest BCUT2D eigenvalue weighted by atomic mass is 14.9. The average Bonchev–Trinajstić information content (AvgIpc) is 2.19. The highest BCUT2D eigenvalue weighted by Crippen LogP contribution is 2.17. The minimum atomic E-state index is 0.267. The van der Waals surface area contributed by atoms with Gasteiger partial charge in [-0.15, -0.1) is 0 Å². The number of nitrogens with one attached hydrogen (secondary N) is 1. The van der Waals surface area contributed by atoms with Crippen LogP contribution in [0.2, 0.25) is 0 Å². The number of nitrogens with two attached hydrogens (primary N) is 1. The second-order valence-electron chi connectivity index (χ2n) is 4.63. The molecular weight excluding hydrogens is 186 g/mol. The molecule has 0 fully saturated rings. The van der Waals surface area contributed by atoms with Crippen molar-refractivity contribution in [3.05, 3.63) is 30.1 Å². The van der Waals surface area contributed by atoms with Crippen molar-refractivity contribution in [3.8, 4) is 0 Å². The summed E-state index contributed by atoms with van der Waals surface area (Å²) in [5.74, 6) is 0. The van der Waals surface area contributed by atoms with E-state index in [1.807, 2.05) is 24.4 Å². The largest absolute Gasteiger partial charge is 0.330 e. The fraction of sp³-hybridized carbons (Fsp3) is 0.583. The van der Waals surface area contributed by atoms with Crippen molar-refractivity contribution in [3.63, 3.8) is 0 Å². The van der Waals surface area contributed by atoms with Gasteiger partial charge in [-0.1, -0.05) is 19.9 Å². The van der Waals surface area contributed by atoms with Crippen molar-refractivity contribution in [1.82, 2.24) is 10.3 Å². The maximum Gasteiger partial charge on any atom is 0.0541 e. The molecule has 3 heteroatoms. The van der Waals surface area contributed by atoms with Gasteiger partial charge in [0, 0.05) is 19.3 Å². The predicted molar refractivity (Wildman–Crippen MR) is 63.4 cm³/mol. The lowest BCUT2D eigenvalue weighted by atomic mass is 9.89. The zero-order valence-corrected chi connectivity index (χ0v) is 9.66. The number of aromatic nitrogens is 1. The number of pyridine rings is 1. The van der Waals surface area contributed by atoms with Gasteiger partial charge in [0.05, 0.1) is 5.69 Å². The summed E-state index contributed by atoms with van der Waals surface area (Å²) in [6.07, 6.45) is 2.87. The van der Waals surface area contributed by atoms with Crippen LogP contribution in [0.3, 0.4) is 0 Å². The molecule has 0 aliphatic carbocycles. The van der Waals surface area contributed by atoms with E-state index < -0.39 is 0 Å². The molecule has 0 unspecified atom stereocenters. The van der Waals surface area contributed by atoms with Crippen molar-refractivity contribution in [2.75, 3.05) is 13.1 Å². The first-order chi connectivity index (χ1) is 7.14. The molecular formula is C12H21N3. The Bertz CT molecular complexity index is 269. The van der Waals surface area contributed by atoms with Crippen molar-refractivity contribution in [2.24, 2.45) is 11.1 Å². The Kier molecular flexibility index (Phi) is 4.72. The molecule has 0 radical (unpaired) electrons. The molecule has 0 aromatic carbocycles. The van der Waals surface area contributed by atoms with Gasteiger partial charge in [-0.05, 0) is 30.5 Å². The molecule has 0 atom stereocenters. The molecule has 3 N–H and O–H groups in total. The fourth-order valence-electron chi connectivity index (χ4n) is 1.51. The third kappa shape index (κ3) is 4.91. The van der Waals surface area contributed by atoms with Gasteiger partial charge in [0.15, 0.2) is 0 Å². The van der Waals surface area contributed by atoms with Crippen LogP contribution >= 0.6 is 0 Å². The third-order valence-corrected chi connectivity index (χ3v) is 2.46. The Hall–Kier alpha value is -0.930. The Morgan fingerprint density at radius 1 is 1.40 bits per heavy atom. The van der Waals surface area contributed by atoms with Crippen molar-refractivity contribution >= 4 is 0 Å². The van der Waals surface area contributed by atoms with E-state index >= 15 is 0 Å². The van der Waals surface area contributed by atoms with Gasteiger partial charge in [-0.25, -0.2) is 0 Å². The third-order valence-electron chi connectivity index (χ3n) is 2.46. The van der Waals surface area contributed by atoms with Gasteiger partial charge in [-0.3, -0.25) is 4.98 Å². The molecule has 84 valence electrons. The second kappa shape index (κ2) is 5.83. The first-order valence-electron chi connectivity index (χ1n) is 5.45. The zero-order chi connectivity index (χ0) is 11.1. The zero-order valence-electron chi connectivity index (χ0n) is 9.66. The molecule has 1 rings (SSSR count). The van der Waals surface area contributed by atoms with Crippen LogP contribution in [-0.4, -0.2) is 18.1 Å². The predicted octanol–water partition coefficient (Wildman–Crippen LogP) is 1.55. The Balaban J connectivity index is 2.27. The Morgan fingerprint density at radius 2 is 2.20 bits per heavy atom. The standard InChI is InChI=1S/C12H21N3/c1-12(2,6-7-13)10-14-9-11-5-3-4-8-15-11/h3-5,8,14H,6-7,9-10,13H2,1-2H3. The van der Waals surface area contributed by atoms with Crippen LogP contribution < -0.4 is 11.1 Å². The number of hydrogen-bond donors (Lipinski definition) is 2. The summed E-state index contributed by atoms with van der Waals surface area (Å²) in [5, 5.41) is 3.41. The summed E-state index contributed by atoms with van der Waals surface area (Å²) in [6.45, 7) is 7.00. The van der Waals surface area contributed by atoms with E-state index in [0.717, 1.165) is 31.7 Å². The average molecular weight is 207 g/mol. The maximum absolute atomic E-state index is 5.56. The monoisotopic (exact) mass is 207 g/mol. The van der Waals surface area contributed by atoms with Gasteiger partial charge in [0.1, 0.15) is 0 Å². The molecule has 0 saturated carbocycles. The smallest absolute Gasteiger partial charge is 0.0541 e. The van der Waals surface area contributed by atoms with E-state index in [-0.39, 0.29) is 5.41 Å². The van der Waals surface area contributed by atoms with Crippen molar-refractivity contribution in [2.45, 2.75) is 26.8 Å². The minimum absolute atomic E-state index is 0.267. The van der Waals surface area contributed by atoms with Crippen LogP contribution in [0.5, 0.6) is 0 Å². The molecule has 15 heavy (non-hydrogen) atoms. The molecule has 0 aliphatic heterocycles. The Labute approximate surface area is 92.1 Å². The summed E-state index contributed by atoms with van der Waals surface area (Å²) in [5.41, 5.74) is 6.91. The molecule has 1 aromatic rings. The minimum Gasteiger partial charge on any atom is -0.330 e. The lowest BCUT2D eigenvalue weighted by molar-refractivity contribution is 0.318. The van der Waals surface area contributed by atoms with Crippen LogP contribution in [0, 0.1) is 5.41 Å². The number of nitrogens with zero attached hydrogens (tertiary/aromatic N) is 1. The van der Waals surface area contributed by atoms with Gasteiger partial charge < -0.3 is 11.1 Å². The highest BCUT2D eigenvalue weighted by Gasteiger charge is 2.15. The summed E-state index contributed by atoms with van der Waals surface area (Å²) >= 11 is 0. The van der Waals surface area contributed by atoms with Crippen LogP contribution in [-0.2, 0) is 6.54 Å². The highest BCUT2D eigenvalue weighted by molar-refractivity contribution is 5.02. The maximum atomic E-state index is 5.56. The molecule has 0 saturated heterocycles. The van der Waals surface area contributed by atoms with Gasteiger partial charge in [0.25, 0.3) is 0 Å². The molecule has 0 bridgehead atoms. The summed E-state index contributed by atoms with van der Waals surface area (Å²) in [6, 6.07) is 5.97. The molecule has 3 nitrogen and oxygen atoms in total. The van der Waals surface area contributed by atoms with Crippen LogP contribution in [0.25, 0.3) is 0 Å². The van der Waals surface area contributed by atoms with E-state index in [4.69, 9.17) is 5.73 Å². The van der Waals surface area contributed by atoms with Gasteiger partial charge >= 0.3 is 0 Å². The lowest BCUT2D eigenvalue weighted by Gasteiger charge is -2.24. The lowest BCUT2D eigenvalue weighted by Crippen LogP contribution is -2.31. The van der Waals surface area contributed by atoms with Crippen LogP contribution in [0.1, 0.15) is 26.0 Å². The normalized spacial score (nSPS) is 11.7. The quantitative estimate of drug-likeness (QED) is 0.744. The fourth-order valence-corrected chi connectivity index (χ4v) is 1.51. The first-order valence-corrected chi connectivity index (χ1v) is 5.45. The molecule has 0 spiro atoms. The van der Waals surface area contributed by atoms with Crippen LogP contribution in [0.15, 0.2) is 24.4 Å². The molecule has 1 aromatic heterocycles. The van der Waals surface area contributed by atoms with Crippen molar-refractivity contribution in [1.29, 1.82) is 0 Å². The molecule has 1 heterocycles. The van der Waals surface area contributed by atoms with Crippen LogP contribution in [0.4, 0.5) is 0 Å². The molecule has 0 amide bonds. The van der Waals surface area contributed by atoms with E-state index in [1.165, 1.54) is 0 Å². The van der Waals surface area contributed by atoms with E-state index in [2.05, 4.69) is 24.1 Å². The summed E-state index contributed by atoms with van der Waals surface area (Å²) < 4.78 is 0. The van der Waals surface area contributed by atoms with Crippen molar-refractivity contribution < 1.29 is 0 Å². The molecule has 0 aliphatic rings. The summed E-state index contributed by atoms with van der Waals surface area (Å²) in [4.78, 5) is 4.26. The number of hydrogen-bond acceptors (Lipinski definition) is 3. The first kappa shape index (κ1) is 12.1. The second-order valence-corrected chi connectivity index (χ2v) is 4.63. The SMILES string of the molecule is CC(C)(CCN)CNCc1ccccn1. The Morgan fingerprint density at radius 3 is 2.80 bits per heavy atom. The van der Waals surface area contributed by atoms with Gasteiger partial charge in [0.2, 0.25) is 0 Å². The van der Waals surface area contributed by atoms with E-state index in [0.29, 0.717) is 0 Å². The topological polar surface area (TPSA) is 50.9 Å². The van der Waals surface area contributed by atoms with Gasteiger partial charge in [-0.2, -0.15) is 0 Å². The number of rotatable bonds is 6. The summed E-state index contributed by atoms with van der Waals surface area (Å²) in [7, 11) is 0.